The van der Waals surface area contributed by atoms with Gasteiger partial charge in [-0.2, -0.15) is 0 Å². The summed E-state index contributed by atoms with van der Waals surface area (Å²) in [4.78, 5) is 13.7. The molecule has 1 heterocycles. The lowest BCUT2D eigenvalue weighted by Gasteiger charge is -2.32. The van der Waals surface area contributed by atoms with Crippen molar-refractivity contribution in [1.29, 1.82) is 0 Å². The minimum absolute atomic E-state index is 0.326. The third kappa shape index (κ3) is 2.73. The Kier molecular flexibility index (Phi) is 3.97. The van der Waals surface area contributed by atoms with E-state index < -0.39 is 0 Å². The topological polar surface area (TPSA) is 20.3 Å². The molecule has 0 radical (unpaired) electrons. The number of carbonyl (C=O) groups excluding carboxylic acids is 1. The summed E-state index contributed by atoms with van der Waals surface area (Å²) in [6, 6.07) is 0. The number of rotatable bonds is 2. The fourth-order valence-electron chi connectivity index (χ4n) is 2.20. The van der Waals surface area contributed by atoms with Gasteiger partial charge in [0.05, 0.1) is 0 Å². The Morgan fingerprint density at radius 2 is 2.07 bits per heavy atom. The van der Waals surface area contributed by atoms with E-state index in [4.69, 9.17) is 0 Å². The highest BCUT2D eigenvalue weighted by atomic mass is 16.2. The molecule has 1 amide bonds. The van der Waals surface area contributed by atoms with Crippen LogP contribution in [0.25, 0.3) is 0 Å². The summed E-state index contributed by atoms with van der Waals surface area (Å²) in [5.74, 6) is 0.326. The SMILES string of the molecule is CCC(=O)N1CCCCC(C)(CC)C1. The molecule has 1 fully saturated rings. The normalized spacial score (nSPS) is 28.6. The third-order valence-electron chi connectivity index (χ3n) is 3.54. The first kappa shape index (κ1) is 11.5. The molecule has 1 saturated heterocycles. The van der Waals surface area contributed by atoms with Gasteiger partial charge in [-0.25, -0.2) is 0 Å². The lowest BCUT2D eigenvalue weighted by Crippen LogP contribution is -2.38. The molecule has 0 saturated carbocycles. The van der Waals surface area contributed by atoms with Crippen LogP contribution in [0.15, 0.2) is 0 Å². The number of hydrogen-bond acceptors (Lipinski definition) is 1. The maximum absolute atomic E-state index is 11.6. The highest BCUT2D eigenvalue weighted by Crippen LogP contribution is 2.32. The monoisotopic (exact) mass is 197 g/mol. The first-order valence-corrected chi connectivity index (χ1v) is 5.89. The van der Waals surface area contributed by atoms with Crippen molar-refractivity contribution in [3.63, 3.8) is 0 Å². The second kappa shape index (κ2) is 4.81. The molecule has 0 aliphatic carbocycles. The summed E-state index contributed by atoms with van der Waals surface area (Å²) in [5.41, 5.74) is 0.362. The molecule has 14 heavy (non-hydrogen) atoms. The smallest absolute Gasteiger partial charge is 0.222 e. The minimum Gasteiger partial charge on any atom is -0.342 e. The Bertz CT molecular complexity index is 202. The molecule has 1 rings (SSSR count). The molecule has 1 atom stereocenters. The van der Waals surface area contributed by atoms with Gasteiger partial charge >= 0.3 is 0 Å². The number of amides is 1. The van der Waals surface area contributed by atoms with Crippen molar-refractivity contribution < 1.29 is 4.79 Å². The van der Waals surface area contributed by atoms with E-state index in [0.29, 0.717) is 17.7 Å². The summed E-state index contributed by atoms with van der Waals surface area (Å²) in [7, 11) is 0. The van der Waals surface area contributed by atoms with Gasteiger partial charge in [-0.3, -0.25) is 4.79 Å². The zero-order chi connectivity index (χ0) is 10.6. The largest absolute Gasteiger partial charge is 0.342 e. The van der Waals surface area contributed by atoms with E-state index in [1.54, 1.807) is 0 Å². The van der Waals surface area contributed by atoms with Gasteiger partial charge in [0.2, 0.25) is 5.91 Å². The van der Waals surface area contributed by atoms with Crippen molar-refractivity contribution in [1.82, 2.24) is 4.90 Å². The van der Waals surface area contributed by atoms with E-state index >= 15 is 0 Å². The van der Waals surface area contributed by atoms with Crippen LogP contribution in [-0.2, 0) is 4.79 Å². The van der Waals surface area contributed by atoms with E-state index in [1.807, 2.05) is 6.92 Å². The minimum atomic E-state index is 0.326. The van der Waals surface area contributed by atoms with Crippen LogP contribution in [-0.4, -0.2) is 23.9 Å². The van der Waals surface area contributed by atoms with E-state index in [-0.39, 0.29) is 0 Å². The summed E-state index contributed by atoms with van der Waals surface area (Å²) >= 11 is 0. The van der Waals surface area contributed by atoms with Gasteiger partial charge in [0, 0.05) is 19.5 Å². The first-order valence-electron chi connectivity index (χ1n) is 5.89. The van der Waals surface area contributed by atoms with Gasteiger partial charge in [-0.1, -0.05) is 27.2 Å². The summed E-state index contributed by atoms with van der Waals surface area (Å²) in [5, 5.41) is 0. The lowest BCUT2D eigenvalue weighted by atomic mass is 9.83. The Morgan fingerprint density at radius 3 is 2.64 bits per heavy atom. The Morgan fingerprint density at radius 1 is 1.36 bits per heavy atom. The molecular formula is C12H23NO. The van der Waals surface area contributed by atoms with Crippen LogP contribution in [0.2, 0.25) is 0 Å². The van der Waals surface area contributed by atoms with Gasteiger partial charge in [-0.15, -0.1) is 0 Å². The van der Waals surface area contributed by atoms with Gasteiger partial charge < -0.3 is 4.90 Å². The van der Waals surface area contributed by atoms with Crippen LogP contribution < -0.4 is 0 Å². The van der Waals surface area contributed by atoms with Crippen LogP contribution in [0.4, 0.5) is 0 Å². The molecule has 0 aromatic rings. The standard InChI is InChI=1S/C12H23NO/c1-4-11(14)13-9-7-6-8-12(3,5-2)10-13/h4-10H2,1-3H3. The zero-order valence-corrected chi connectivity index (χ0v) is 9.81. The van der Waals surface area contributed by atoms with Gasteiger partial charge in [0.15, 0.2) is 0 Å². The molecule has 0 aromatic carbocycles. The average molecular weight is 197 g/mol. The number of likely N-dealkylation sites (tertiary alicyclic amines) is 1. The molecular weight excluding hydrogens is 174 g/mol. The van der Waals surface area contributed by atoms with Crippen LogP contribution in [0.1, 0.15) is 52.9 Å². The van der Waals surface area contributed by atoms with Crippen LogP contribution >= 0.6 is 0 Å². The van der Waals surface area contributed by atoms with Crippen LogP contribution in [0, 0.1) is 5.41 Å². The fourth-order valence-corrected chi connectivity index (χ4v) is 2.20. The van der Waals surface area contributed by atoms with E-state index in [1.165, 1.54) is 25.7 Å². The molecule has 0 spiro atoms. The third-order valence-corrected chi connectivity index (χ3v) is 3.54. The summed E-state index contributed by atoms with van der Waals surface area (Å²) in [6.07, 6.45) is 5.57. The number of hydrogen-bond donors (Lipinski definition) is 0. The zero-order valence-electron chi connectivity index (χ0n) is 9.81. The molecule has 1 aliphatic rings. The Balaban J connectivity index is 2.64. The highest BCUT2D eigenvalue weighted by molar-refractivity contribution is 5.75. The second-order valence-electron chi connectivity index (χ2n) is 4.79. The van der Waals surface area contributed by atoms with Crippen LogP contribution in [0.5, 0.6) is 0 Å². The molecule has 82 valence electrons. The van der Waals surface area contributed by atoms with Gasteiger partial charge in [-0.05, 0) is 24.7 Å². The Hall–Kier alpha value is -0.530. The Labute approximate surface area is 87.7 Å². The molecule has 0 bridgehead atoms. The molecule has 1 aliphatic heterocycles. The second-order valence-corrected chi connectivity index (χ2v) is 4.79. The maximum atomic E-state index is 11.6. The van der Waals surface area contributed by atoms with Crippen molar-refractivity contribution >= 4 is 5.91 Å². The van der Waals surface area contributed by atoms with Gasteiger partial charge in [0.1, 0.15) is 0 Å². The first-order chi connectivity index (χ1) is 6.61. The average Bonchev–Trinajstić information content (AvgIpc) is 2.40. The van der Waals surface area contributed by atoms with Crippen molar-refractivity contribution in [2.75, 3.05) is 13.1 Å². The number of carbonyl (C=O) groups is 1. The molecule has 0 aromatic heterocycles. The van der Waals surface area contributed by atoms with Gasteiger partial charge in [0.25, 0.3) is 0 Å². The van der Waals surface area contributed by atoms with Crippen molar-refractivity contribution in [3.05, 3.63) is 0 Å². The number of nitrogens with zero attached hydrogens (tertiary/aromatic N) is 1. The van der Waals surface area contributed by atoms with Crippen molar-refractivity contribution in [2.45, 2.75) is 52.9 Å². The van der Waals surface area contributed by atoms with Crippen LogP contribution in [0.3, 0.4) is 0 Å². The predicted octanol–water partition coefficient (Wildman–Crippen LogP) is 2.83. The highest BCUT2D eigenvalue weighted by Gasteiger charge is 2.29. The lowest BCUT2D eigenvalue weighted by molar-refractivity contribution is -0.132. The molecule has 0 N–H and O–H groups in total. The van der Waals surface area contributed by atoms with Crippen molar-refractivity contribution in [2.24, 2.45) is 5.41 Å². The van der Waals surface area contributed by atoms with E-state index in [2.05, 4.69) is 18.7 Å². The summed E-state index contributed by atoms with van der Waals surface area (Å²) in [6.45, 7) is 8.45. The maximum Gasteiger partial charge on any atom is 0.222 e. The molecule has 2 nitrogen and oxygen atoms in total. The summed E-state index contributed by atoms with van der Waals surface area (Å²) < 4.78 is 0. The quantitative estimate of drug-likeness (QED) is 0.666. The molecule has 2 heteroatoms. The molecule has 1 unspecified atom stereocenters. The van der Waals surface area contributed by atoms with E-state index in [9.17, 15) is 4.79 Å². The fraction of sp³-hybridized carbons (Fsp3) is 0.917. The van der Waals surface area contributed by atoms with Crippen molar-refractivity contribution in [3.8, 4) is 0 Å². The predicted molar refractivity (Wildman–Crippen MR) is 59.1 cm³/mol. The van der Waals surface area contributed by atoms with E-state index in [0.717, 1.165) is 13.1 Å².